The van der Waals surface area contributed by atoms with E-state index in [1.165, 1.54) is 0 Å². The van der Waals surface area contributed by atoms with E-state index in [2.05, 4.69) is 32.1 Å². The van der Waals surface area contributed by atoms with Crippen molar-refractivity contribution in [1.82, 2.24) is 4.68 Å². The van der Waals surface area contributed by atoms with Crippen molar-refractivity contribution in [2.24, 2.45) is 10.2 Å². The highest BCUT2D eigenvalue weighted by Crippen LogP contribution is 2.12. The topological polar surface area (TPSA) is 60.2 Å². The van der Waals surface area contributed by atoms with Gasteiger partial charge in [0.25, 0.3) is 0 Å². The molecule has 7 heteroatoms. The molecule has 3 aromatic rings. The fourth-order valence-corrected chi connectivity index (χ4v) is 2.95. The fourth-order valence-electron chi connectivity index (χ4n) is 2.95. The molecule has 0 aliphatic heterocycles. The third kappa shape index (κ3) is 4.93. The van der Waals surface area contributed by atoms with Gasteiger partial charge < -0.3 is 14.9 Å². The Morgan fingerprint density at radius 1 is 0.867 bits per heavy atom. The van der Waals surface area contributed by atoms with Crippen LogP contribution in [0.2, 0.25) is 0 Å². The molecule has 0 spiro atoms. The standard InChI is InChI=1S/C23H29N6O/c1-18-28(24-14-19-6-10-21(11-7-19)26(2)3)16-23(17-30)29(18)25-15-20-8-12-22(13-9-20)27(4)5/h6-16,30H,17H2,1-5H3/q+1/b24-14+,25-15+. The summed E-state index contributed by atoms with van der Waals surface area (Å²) in [5.74, 6) is 0.793. The van der Waals surface area contributed by atoms with Gasteiger partial charge in [0.15, 0.2) is 11.9 Å². The van der Waals surface area contributed by atoms with Crippen LogP contribution in [0.5, 0.6) is 0 Å². The van der Waals surface area contributed by atoms with Crippen LogP contribution in [0, 0.1) is 6.92 Å². The van der Waals surface area contributed by atoms with Crippen molar-refractivity contribution in [2.75, 3.05) is 38.0 Å². The summed E-state index contributed by atoms with van der Waals surface area (Å²) in [6.45, 7) is 1.79. The number of aliphatic hydroxyl groups excluding tert-OH is 1. The Morgan fingerprint density at radius 2 is 1.37 bits per heavy atom. The van der Waals surface area contributed by atoms with E-state index in [0.717, 1.165) is 28.3 Å². The van der Waals surface area contributed by atoms with Crippen LogP contribution in [0.3, 0.4) is 0 Å². The van der Waals surface area contributed by atoms with E-state index in [4.69, 9.17) is 0 Å². The van der Waals surface area contributed by atoms with Gasteiger partial charge in [0, 0.05) is 46.5 Å². The molecule has 3 rings (SSSR count). The molecule has 1 aromatic heterocycles. The number of rotatable bonds is 7. The minimum Gasteiger partial charge on any atom is -0.388 e. The molecular weight excluding hydrogens is 376 g/mol. The molecule has 1 heterocycles. The van der Waals surface area contributed by atoms with Gasteiger partial charge >= 0.3 is 5.82 Å². The summed E-state index contributed by atoms with van der Waals surface area (Å²) in [6, 6.07) is 16.3. The van der Waals surface area contributed by atoms with Crippen molar-refractivity contribution in [3.8, 4) is 0 Å². The smallest absolute Gasteiger partial charge is 0.304 e. The van der Waals surface area contributed by atoms with E-state index >= 15 is 0 Å². The number of hydrogen-bond acceptors (Lipinski definition) is 5. The molecule has 0 aliphatic rings. The Hall–Kier alpha value is -3.45. The molecular formula is C23H29N6O+. The van der Waals surface area contributed by atoms with Gasteiger partial charge in [-0.3, -0.25) is 0 Å². The lowest BCUT2D eigenvalue weighted by Crippen LogP contribution is -2.29. The summed E-state index contributed by atoms with van der Waals surface area (Å²) < 4.78 is 3.42. The third-order valence-corrected chi connectivity index (χ3v) is 4.82. The fraction of sp³-hybridized carbons (Fsp3) is 0.261. The van der Waals surface area contributed by atoms with Gasteiger partial charge in [0.05, 0.1) is 12.4 Å². The summed E-state index contributed by atoms with van der Waals surface area (Å²) in [4.78, 5) is 4.11. The van der Waals surface area contributed by atoms with Gasteiger partial charge in [-0.2, -0.15) is 0 Å². The molecule has 0 fully saturated rings. The molecule has 0 aliphatic carbocycles. The lowest BCUT2D eigenvalue weighted by atomic mass is 10.2. The molecule has 0 saturated carbocycles. The molecule has 0 radical (unpaired) electrons. The van der Waals surface area contributed by atoms with Crippen LogP contribution in [0.15, 0.2) is 64.9 Å². The Bertz CT molecular complexity index is 1030. The maximum atomic E-state index is 9.75. The number of nitrogens with zero attached hydrogens (tertiary/aromatic N) is 6. The third-order valence-electron chi connectivity index (χ3n) is 4.82. The van der Waals surface area contributed by atoms with E-state index in [9.17, 15) is 5.11 Å². The molecule has 1 N–H and O–H groups in total. The number of aromatic nitrogens is 2. The van der Waals surface area contributed by atoms with E-state index < -0.39 is 0 Å². The van der Waals surface area contributed by atoms with Crippen LogP contribution in [0.25, 0.3) is 0 Å². The Labute approximate surface area is 177 Å². The predicted octanol–water partition coefficient (Wildman–Crippen LogP) is 2.47. The van der Waals surface area contributed by atoms with Gasteiger partial charge in [-0.25, -0.2) is 0 Å². The molecule has 0 amide bonds. The highest BCUT2D eigenvalue weighted by molar-refractivity contribution is 5.80. The van der Waals surface area contributed by atoms with Gasteiger partial charge in [-0.15, -0.1) is 4.68 Å². The lowest BCUT2D eigenvalue weighted by Gasteiger charge is -2.11. The molecule has 0 bridgehead atoms. The van der Waals surface area contributed by atoms with Crippen molar-refractivity contribution in [2.45, 2.75) is 13.5 Å². The van der Waals surface area contributed by atoms with E-state index in [0.29, 0.717) is 5.69 Å². The second-order valence-electron chi connectivity index (χ2n) is 7.44. The molecule has 156 valence electrons. The summed E-state index contributed by atoms with van der Waals surface area (Å²) >= 11 is 0. The maximum absolute atomic E-state index is 9.75. The first-order valence-electron chi connectivity index (χ1n) is 9.76. The average molecular weight is 406 g/mol. The summed E-state index contributed by atoms with van der Waals surface area (Å²) in [5, 5.41) is 18.8. The first-order chi connectivity index (χ1) is 14.4. The van der Waals surface area contributed by atoms with Crippen LogP contribution in [-0.2, 0) is 6.61 Å². The summed E-state index contributed by atoms with van der Waals surface area (Å²) in [7, 11) is 8.04. The largest absolute Gasteiger partial charge is 0.388 e. The number of aliphatic hydroxyl groups is 1. The Balaban J connectivity index is 1.81. The molecule has 7 nitrogen and oxygen atoms in total. The molecule has 0 saturated heterocycles. The van der Waals surface area contributed by atoms with E-state index in [-0.39, 0.29) is 6.61 Å². The van der Waals surface area contributed by atoms with Crippen LogP contribution in [0.4, 0.5) is 11.4 Å². The highest BCUT2D eigenvalue weighted by atomic mass is 16.3. The Morgan fingerprint density at radius 3 is 1.83 bits per heavy atom. The van der Waals surface area contributed by atoms with E-state index in [1.54, 1.807) is 28.0 Å². The monoisotopic (exact) mass is 405 g/mol. The van der Waals surface area contributed by atoms with Gasteiger partial charge in [-0.1, -0.05) is 39.1 Å². The molecule has 30 heavy (non-hydrogen) atoms. The molecule has 0 atom stereocenters. The van der Waals surface area contributed by atoms with Gasteiger partial charge in [0.2, 0.25) is 0 Å². The van der Waals surface area contributed by atoms with Crippen LogP contribution < -0.4 is 14.5 Å². The second kappa shape index (κ2) is 9.37. The van der Waals surface area contributed by atoms with Crippen LogP contribution >= 0.6 is 0 Å². The van der Waals surface area contributed by atoms with Crippen molar-refractivity contribution in [3.63, 3.8) is 0 Å². The van der Waals surface area contributed by atoms with Gasteiger partial charge in [0.1, 0.15) is 6.61 Å². The predicted molar refractivity (Wildman–Crippen MR) is 123 cm³/mol. The second-order valence-corrected chi connectivity index (χ2v) is 7.44. The zero-order chi connectivity index (χ0) is 21.7. The number of anilines is 2. The zero-order valence-electron chi connectivity index (χ0n) is 18.2. The van der Waals surface area contributed by atoms with Crippen molar-refractivity contribution in [1.29, 1.82) is 0 Å². The number of hydrogen-bond donors (Lipinski definition) is 1. The average Bonchev–Trinajstić information content (AvgIpc) is 3.06. The number of imidazole rings is 1. The minimum atomic E-state index is -0.127. The SMILES string of the molecule is Cc1n(/N=C/c2ccc(N(C)C)cc2)c(CO)c[n+]1/N=C/c1ccc(N(C)C)cc1. The maximum Gasteiger partial charge on any atom is 0.304 e. The van der Waals surface area contributed by atoms with Gasteiger partial charge in [-0.05, 0) is 35.4 Å². The lowest BCUT2D eigenvalue weighted by molar-refractivity contribution is -0.684. The first kappa shape index (κ1) is 21.3. The quantitative estimate of drug-likeness (QED) is 0.485. The van der Waals surface area contributed by atoms with Crippen LogP contribution in [0.1, 0.15) is 22.6 Å². The highest BCUT2D eigenvalue weighted by Gasteiger charge is 2.19. The van der Waals surface area contributed by atoms with Crippen molar-refractivity contribution in [3.05, 3.63) is 77.4 Å². The summed E-state index contributed by atoms with van der Waals surface area (Å²) in [6.07, 6.45) is 5.35. The van der Waals surface area contributed by atoms with Crippen LogP contribution in [-0.4, -0.2) is 50.4 Å². The summed E-state index contributed by atoms with van der Waals surface area (Å²) in [5.41, 5.74) is 4.90. The van der Waals surface area contributed by atoms with E-state index in [1.807, 2.05) is 71.5 Å². The molecule has 2 aromatic carbocycles. The normalized spacial score (nSPS) is 11.5. The van der Waals surface area contributed by atoms with Crippen molar-refractivity contribution < 1.29 is 9.78 Å². The minimum absolute atomic E-state index is 0.127. The number of benzene rings is 2. The Kier molecular flexibility index (Phi) is 6.64. The van der Waals surface area contributed by atoms with Crippen molar-refractivity contribution >= 4 is 23.8 Å². The zero-order valence-corrected chi connectivity index (χ0v) is 18.2. The first-order valence-corrected chi connectivity index (χ1v) is 9.76. The molecule has 0 unspecified atom stereocenters.